The van der Waals surface area contributed by atoms with Crippen molar-refractivity contribution in [1.29, 1.82) is 0 Å². The molecule has 1 amide bonds. The van der Waals surface area contributed by atoms with Gasteiger partial charge in [0.1, 0.15) is 10.7 Å². The van der Waals surface area contributed by atoms with E-state index in [1.807, 2.05) is 44.2 Å². The molecule has 0 saturated carbocycles. The Morgan fingerprint density at radius 3 is 2.64 bits per heavy atom. The van der Waals surface area contributed by atoms with Crippen LogP contribution in [0.25, 0.3) is 0 Å². The van der Waals surface area contributed by atoms with Crippen molar-refractivity contribution in [3.63, 3.8) is 0 Å². The van der Waals surface area contributed by atoms with Gasteiger partial charge < -0.3 is 10.6 Å². The first-order valence-electron chi connectivity index (χ1n) is 7.75. The maximum absolute atomic E-state index is 12.6. The Kier molecular flexibility index (Phi) is 5.31. The van der Waals surface area contributed by atoms with Gasteiger partial charge in [-0.25, -0.2) is 9.97 Å². The Morgan fingerprint density at radius 2 is 1.96 bits per heavy atom. The number of anilines is 2. The Hall–Kier alpha value is -2.44. The molecule has 128 valence electrons. The van der Waals surface area contributed by atoms with Crippen LogP contribution in [-0.4, -0.2) is 15.9 Å². The number of benzene rings is 1. The van der Waals surface area contributed by atoms with Crippen molar-refractivity contribution in [2.75, 3.05) is 5.32 Å². The third kappa shape index (κ3) is 4.35. The number of halogens is 1. The van der Waals surface area contributed by atoms with Gasteiger partial charge in [0.15, 0.2) is 5.13 Å². The first kappa shape index (κ1) is 17.4. The lowest BCUT2D eigenvalue weighted by Gasteiger charge is -2.13. The highest BCUT2D eigenvalue weighted by atomic mass is 35.5. The fourth-order valence-corrected chi connectivity index (χ4v) is 3.30. The van der Waals surface area contributed by atoms with Crippen LogP contribution in [0.15, 0.2) is 48.7 Å². The summed E-state index contributed by atoms with van der Waals surface area (Å²) < 4.78 is 0. The monoisotopic (exact) mass is 372 g/mol. The fourth-order valence-electron chi connectivity index (χ4n) is 2.31. The molecule has 25 heavy (non-hydrogen) atoms. The summed E-state index contributed by atoms with van der Waals surface area (Å²) in [4.78, 5) is 21.7. The van der Waals surface area contributed by atoms with Crippen LogP contribution < -0.4 is 10.6 Å². The molecule has 0 aliphatic heterocycles. The molecule has 5 nitrogen and oxygen atoms in total. The Bertz CT molecular complexity index is 865. The highest BCUT2D eigenvalue weighted by molar-refractivity contribution is 7.17. The number of aromatic nitrogens is 2. The van der Waals surface area contributed by atoms with Crippen LogP contribution in [0.2, 0.25) is 5.02 Å². The minimum atomic E-state index is -0.136. The van der Waals surface area contributed by atoms with Gasteiger partial charge >= 0.3 is 0 Å². The molecule has 3 aromatic rings. The Balaban J connectivity index is 1.71. The van der Waals surface area contributed by atoms with Crippen LogP contribution in [-0.2, 0) is 0 Å². The summed E-state index contributed by atoms with van der Waals surface area (Å²) in [5.41, 5.74) is 1.74. The summed E-state index contributed by atoms with van der Waals surface area (Å²) in [6.45, 7) is 3.78. The maximum atomic E-state index is 12.6. The Labute approximate surface area is 155 Å². The molecule has 1 aromatic carbocycles. The van der Waals surface area contributed by atoms with Crippen molar-refractivity contribution in [2.45, 2.75) is 19.9 Å². The first-order valence-corrected chi connectivity index (χ1v) is 8.94. The van der Waals surface area contributed by atoms with Crippen LogP contribution >= 0.6 is 22.9 Å². The van der Waals surface area contributed by atoms with Crippen LogP contribution in [0.3, 0.4) is 0 Å². The number of rotatable bonds is 5. The second-order valence-corrected chi connectivity index (χ2v) is 6.96. The lowest BCUT2D eigenvalue weighted by atomic mass is 10.1. The average Bonchev–Trinajstić information content (AvgIpc) is 2.98. The molecule has 0 spiro atoms. The van der Waals surface area contributed by atoms with E-state index in [4.69, 9.17) is 11.6 Å². The van der Waals surface area contributed by atoms with E-state index in [1.54, 1.807) is 18.3 Å². The molecule has 0 saturated heterocycles. The molecule has 1 atom stereocenters. The third-order valence-electron chi connectivity index (χ3n) is 3.61. The molecule has 3 rings (SSSR count). The smallest absolute Gasteiger partial charge is 0.263 e. The summed E-state index contributed by atoms with van der Waals surface area (Å²) >= 11 is 7.12. The summed E-state index contributed by atoms with van der Waals surface area (Å²) in [5.74, 6) is 0.492. The number of aryl methyl sites for hydroxylation is 1. The molecular weight excluding hydrogens is 356 g/mol. The minimum Gasteiger partial charge on any atom is -0.345 e. The minimum absolute atomic E-state index is 0.0791. The van der Waals surface area contributed by atoms with Gasteiger partial charge in [-0.1, -0.05) is 53.3 Å². The van der Waals surface area contributed by atoms with E-state index in [2.05, 4.69) is 20.6 Å². The van der Waals surface area contributed by atoms with E-state index in [9.17, 15) is 4.79 Å². The highest BCUT2D eigenvalue weighted by Crippen LogP contribution is 2.26. The quantitative estimate of drug-likeness (QED) is 0.679. The van der Waals surface area contributed by atoms with E-state index in [-0.39, 0.29) is 11.9 Å². The number of carbonyl (C=O) groups is 1. The summed E-state index contributed by atoms with van der Waals surface area (Å²) in [7, 11) is 0. The van der Waals surface area contributed by atoms with Crippen molar-refractivity contribution in [2.24, 2.45) is 0 Å². The normalized spacial score (nSPS) is 11.8. The zero-order valence-electron chi connectivity index (χ0n) is 13.8. The van der Waals surface area contributed by atoms with Crippen LogP contribution in [0, 0.1) is 6.92 Å². The molecule has 2 N–H and O–H groups in total. The molecule has 0 radical (unpaired) electrons. The SMILES string of the molecule is Cc1nc(Nc2ccc(Cl)cn2)sc1C(=O)N[C@H](C)c1ccccc1. The molecule has 2 heterocycles. The van der Waals surface area contributed by atoms with Gasteiger partial charge in [0.25, 0.3) is 5.91 Å². The second kappa shape index (κ2) is 7.63. The van der Waals surface area contributed by atoms with E-state index in [0.29, 0.717) is 26.5 Å². The van der Waals surface area contributed by atoms with Gasteiger partial charge in [-0.2, -0.15) is 0 Å². The Morgan fingerprint density at radius 1 is 1.20 bits per heavy atom. The maximum Gasteiger partial charge on any atom is 0.263 e. The van der Waals surface area contributed by atoms with Gasteiger partial charge in [0.05, 0.1) is 16.8 Å². The van der Waals surface area contributed by atoms with Crippen molar-refractivity contribution in [3.05, 3.63) is 69.8 Å². The summed E-state index contributed by atoms with van der Waals surface area (Å²) in [6.07, 6.45) is 1.56. The zero-order valence-corrected chi connectivity index (χ0v) is 15.4. The highest BCUT2D eigenvalue weighted by Gasteiger charge is 2.18. The van der Waals surface area contributed by atoms with Crippen LogP contribution in [0.4, 0.5) is 10.9 Å². The molecule has 7 heteroatoms. The molecular formula is C18H17ClN4OS. The molecule has 2 aromatic heterocycles. The van der Waals surface area contributed by atoms with Crippen molar-refractivity contribution >= 4 is 39.8 Å². The number of hydrogen-bond acceptors (Lipinski definition) is 5. The van der Waals surface area contributed by atoms with Crippen LogP contribution in [0.5, 0.6) is 0 Å². The lowest BCUT2D eigenvalue weighted by molar-refractivity contribution is 0.0943. The fraction of sp³-hybridized carbons (Fsp3) is 0.167. The van der Waals surface area contributed by atoms with Crippen molar-refractivity contribution < 1.29 is 4.79 Å². The lowest BCUT2D eigenvalue weighted by Crippen LogP contribution is -2.26. The van der Waals surface area contributed by atoms with Gasteiger partial charge in [-0.05, 0) is 31.5 Å². The molecule has 0 aliphatic rings. The van der Waals surface area contributed by atoms with Gasteiger partial charge in [0.2, 0.25) is 0 Å². The van der Waals surface area contributed by atoms with E-state index in [0.717, 1.165) is 5.56 Å². The zero-order chi connectivity index (χ0) is 17.8. The van der Waals surface area contributed by atoms with Crippen molar-refractivity contribution in [3.8, 4) is 0 Å². The molecule has 0 fully saturated rings. The molecule has 0 aliphatic carbocycles. The van der Waals surface area contributed by atoms with Gasteiger partial charge in [0, 0.05) is 6.20 Å². The van der Waals surface area contributed by atoms with E-state index < -0.39 is 0 Å². The van der Waals surface area contributed by atoms with Crippen LogP contribution in [0.1, 0.15) is 33.9 Å². The predicted molar refractivity (Wildman–Crippen MR) is 102 cm³/mol. The number of nitrogens with one attached hydrogen (secondary N) is 2. The number of hydrogen-bond donors (Lipinski definition) is 2. The standard InChI is InChI=1S/C18H17ClN4OS/c1-11(13-6-4-3-5-7-13)21-17(24)16-12(2)22-18(25-16)23-15-9-8-14(19)10-20-15/h3-11H,1-2H3,(H,21,24)(H,20,22,23)/t11-/m1/s1. The number of amides is 1. The average molecular weight is 373 g/mol. The molecule has 0 bridgehead atoms. The van der Waals surface area contributed by atoms with Crippen molar-refractivity contribution in [1.82, 2.24) is 15.3 Å². The first-order chi connectivity index (χ1) is 12.0. The largest absolute Gasteiger partial charge is 0.345 e. The third-order valence-corrected chi connectivity index (χ3v) is 4.91. The topological polar surface area (TPSA) is 66.9 Å². The number of nitrogens with zero attached hydrogens (tertiary/aromatic N) is 2. The summed E-state index contributed by atoms with van der Waals surface area (Å²) in [5, 5.41) is 7.28. The number of pyridine rings is 1. The molecule has 0 unspecified atom stereocenters. The number of carbonyl (C=O) groups excluding carboxylic acids is 1. The van der Waals surface area contributed by atoms with E-state index >= 15 is 0 Å². The van der Waals surface area contributed by atoms with E-state index in [1.165, 1.54) is 11.3 Å². The van der Waals surface area contributed by atoms with Gasteiger partial charge in [-0.15, -0.1) is 0 Å². The number of thiazole rings is 1. The predicted octanol–water partition coefficient (Wildman–Crippen LogP) is 4.73. The summed E-state index contributed by atoms with van der Waals surface area (Å²) in [6, 6.07) is 13.3. The van der Waals surface area contributed by atoms with Gasteiger partial charge in [-0.3, -0.25) is 4.79 Å². The second-order valence-electron chi connectivity index (χ2n) is 5.53.